The van der Waals surface area contributed by atoms with Crippen LogP contribution in [0.25, 0.3) is 11.0 Å². The van der Waals surface area contributed by atoms with Crippen LogP contribution < -0.4 is 16.6 Å². The maximum Gasteiger partial charge on any atom is 0.327 e. The van der Waals surface area contributed by atoms with Crippen LogP contribution in [0.4, 0.5) is 0 Å². The number of H-pyrrole nitrogens is 2. The van der Waals surface area contributed by atoms with Gasteiger partial charge in [0, 0.05) is 31.3 Å². The van der Waals surface area contributed by atoms with E-state index < -0.39 is 17.2 Å². The van der Waals surface area contributed by atoms with E-state index in [1.165, 1.54) is 26.0 Å². The molecule has 1 aliphatic rings. The lowest BCUT2D eigenvalue weighted by atomic mass is 10.1. The van der Waals surface area contributed by atoms with E-state index in [9.17, 15) is 14.4 Å². The largest absolute Gasteiger partial charge is 0.461 e. The van der Waals surface area contributed by atoms with Crippen LogP contribution in [0, 0.1) is 0 Å². The molecule has 1 aliphatic carbocycles. The molecule has 128 valence electrons. The zero-order chi connectivity index (χ0) is 17.1. The van der Waals surface area contributed by atoms with Gasteiger partial charge in [0.05, 0.1) is 5.39 Å². The molecule has 3 rings (SSSR count). The van der Waals surface area contributed by atoms with Crippen molar-refractivity contribution in [3.63, 3.8) is 0 Å². The standard InChI is InChI=1S/C16H20N4O4/c1-9(21)24-8-10-6-18-14-13(15(22)20-16(23)19-14)12(10)7-17-11-4-2-3-5-11/h6,11,17H,2-5,7-8H2,1H3,(H2,18,19,20,22,23). The van der Waals surface area contributed by atoms with Gasteiger partial charge in [0.25, 0.3) is 5.56 Å². The van der Waals surface area contributed by atoms with Gasteiger partial charge >= 0.3 is 11.7 Å². The summed E-state index contributed by atoms with van der Waals surface area (Å²) in [7, 11) is 0. The van der Waals surface area contributed by atoms with Gasteiger partial charge in [0.1, 0.15) is 12.3 Å². The third-order valence-electron chi connectivity index (χ3n) is 4.32. The number of esters is 1. The van der Waals surface area contributed by atoms with Gasteiger partial charge in [-0.2, -0.15) is 0 Å². The molecule has 2 heterocycles. The maximum atomic E-state index is 12.3. The molecule has 0 amide bonds. The molecule has 8 nitrogen and oxygen atoms in total. The van der Waals surface area contributed by atoms with Gasteiger partial charge in [-0.1, -0.05) is 12.8 Å². The van der Waals surface area contributed by atoms with Gasteiger partial charge in [0.2, 0.25) is 0 Å². The number of hydrogen-bond acceptors (Lipinski definition) is 6. The van der Waals surface area contributed by atoms with Crippen LogP contribution >= 0.6 is 0 Å². The smallest absolute Gasteiger partial charge is 0.327 e. The van der Waals surface area contributed by atoms with Crippen molar-refractivity contribution in [3.05, 3.63) is 38.2 Å². The Hall–Kier alpha value is -2.48. The predicted molar refractivity (Wildman–Crippen MR) is 87.6 cm³/mol. The van der Waals surface area contributed by atoms with Gasteiger partial charge in [0.15, 0.2) is 0 Å². The van der Waals surface area contributed by atoms with Crippen LogP contribution in [-0.4, -0.2) is 27.0 Å². The summed E-state index contributed by atoms with van der Waals surface area (Å²) in [5.41, 5.74) is 0.501. The van der Waals surface area contributed by atoms with E-state index in [0.717, 1.165) is 12.8 Å². The molecular weight excluding hydrogens is 312 g/mol. The summed E-state index contributed by atoms with van der Waals surface area (Å²) in [5, 5.41) is 3.77. The lowest BCUT2D eigenvalue weighted by molar-refractivity contribution is -0.142. The molecule has 0 unspecified atom stereocenters. The highest BCUT2D eigenvalue weighted by atomic mass is 16.5. The van der Waals surface area contributed by atoms with Crippen molar-refractivity contribution in [2.75, 3.05) is 0 Å². The minimum atomic E-state index is -0.595. The second kappa shape index (κ2) is 6.96. The summed E-state index contributed by atoms with van der Waals surface area (Å²) in [5.74, 6) is -0.403. The van der Waals surface area contributed by atoms with Crippen LogP contribution in [0.1, 0.15) is 43.7 Å². The molecule has 1 saturated carbocycles. The number of aromatic nitrogens is 3. The number of hydrogen-bond donors (Lipinski definition) is 3. The lowest BCUT2D eigenvalue weighted by Crippen LogP contribution is -2.29. The SMILES string of the molecule is CC(=O)OCc1cnc2[nH]c(=O)[nH]c(=O)c2c1CNC1CCCC1. The van der Waals surface area contributed by atoms with Gasteiger partial charge in [-0.15, -0.1) is 0 Å². The molecular formula is C16H20N4O4. The molecule has 0 aromatic carbocycles. The summed E-state index contributed by atoms with van der Waals surface area (Å²) in [6, 6.07) is 0.414. The van der Waals surface area contributed by atoms with Crippen molar-refractivity contribution in [3.8, 4) is 0 Å². The van der Waals surface area contributed by atoms with Crippen molar-refractivity contribution in [2.45, 2.75) is 51.8 Å². The van der Waals surface area contributed by atoms with Crippen LogP contribution in [-0.2, 0) is 22.7 Å². The fourth-order valence-corrected chi connectivity index (χ4v) is 3.11. The van der Waals surface area contributed by atoms with Crippen molar-refractivity contribution >= 4 is 17.0 Å². The number of carbonyl (C=O) groups excluding carboxylic acids is 1. The van der Waals surface area contributed by atoms with E-state index in [0.29, 0.717) is 29.1 Å². The highest BCUT2D eigenvalue weighted by Gasteiger charge is 2.18. The first-order valence-electron chi connectivity index (χ1n) is 8.04. The van der Waals surface area contributed by atoms with Crippen molar-refractivity contribution < 1.29 is 9.53 Å². The Labute approximate surface area is 137 Å². The fraction of sp³-hybridized carbons (Fsp3) is 0.500. The molecule has 0 radical (unpaired) electrons. The number of nitrogens with one attached hydrogen (secondary N) is 3. The van der Waals surface area contributed by atoms with Gasteiger partial charge in [-0.05, 0) is 18.4 Å². The molecule has 3 N–H and O–H groups in total. The molecule has 0 spiro atoms. The highest BCUT2D eigenvalue weighted by molar-refractivity contribution is 5.78. The van der Waals surface area contributed by atoms with E-state index >= 15 is 0 Å². The number of nitrogens with zero attached hydrogens (tertiary/aromatic N) is 1. The molecule has 0 saturated heterocycles. The third-order valence-corrected chi connectivity index (χ3v) is 4.32. The number of fused-ring (bicyclic) bond motifs is 1. The monoisotopic (exact) mass is 332 g/mol. The Morgan fingerprint density at radius 3 is 2.79 bits per heavy atom. The summed E-state index contributed by atoms with van der Waals surface area (Å²) in [4.78, 5) is 43.7. The van der Waals surface area contributed by atoms with E-state index in [2.05, 4.69) is 20.3 Å². The third kappa shape index (κ3) is 3.53. The normalized spacial score (nSPS) is 15.0. The summed E-state index contributed by atoms with van der Waals surface area (Å²) in [6.07, 6.45) is 6.14. The summed E-state index contributed by atoms with van der Waals surface area (Å²) < 4.78 is 5.06. The molecule has 0 bridgehead atoms. The second-order valence-electron chi connectivity index (χ2n) is 6.04. The maximum absolute atomic E-state index is 12.3. The minimum absolute atomic E-state index is 0.0402. The van der Waals surface area contributed by atoms with Crippen LogP contribution in [0.5, 0.6) is 0 Å². The fourth-order valence-electron chi connectivity index (χ4n) is 3.11. The highest BCUT2D eigenvalue weighted by Crippen LogP contribution is 2.21. The van der Waals surface area contributed by atoms with Crippen LogP contribution in [0.3, 0.4) is 0 Å². The molecule has 2 aromatic rings. The average Bonchev–Trinajstić information content (AvgIpc) is 3.04. The number of pyridine rings is 1. The molecule has 0 atom stereocenters. The lowest BCUT2D eigenvalue weighted by Gasteiger charge is -2.16. The van der Waals surface area contributed by atoms with Crippen LogP contribution in [0.2, 0.25) is 0 Å². The van der Waals surface area contributed by atoms with Gasteiger partial charge in [-0.3, -0.25) is 19.6 Å². The topological polar surface area (TPSA) is 117 Å². The summed E-state index contributed by atoms with van der Waals surface area (Å²) >= 11 is 0. The van der Waals surface area contributed by atoms with Crippen LogP contribution in [0.15, 0.2) is 15.8 Å². The zero-order valence-corrected chi connectivity index (χ0v) is 13.5. The Morgan fingerprint density at radius 2 is 2.08 bits per heavy atom. The molecule has 8 heteroatoms. The number of aromatic amines is 2. The summed E-state index contributed by atoms with van der Waals surface area (Å²) in [6.45, 7) is 1.82. The van der Waals surface area contributed by atoms with Crippen molar-refractivity contribution in [2.24, 2.45) is 0 Å². The van der Waals surface area contributed by atoms with Crippen molar-refractivity contribution in [1.82, 2.24) is 20.3 Å². The zero-order valence-electron chi connectivity index (χ0n) is 13.5. The van der Waals surface area contributed by atoms with Crippen molar-refractivity contribution in [1.29, 1.82) is 0 Å². The molecule has 2 aromatic heterocycles. The van der Waals surface area contributed by atoms with E-state index in [1.807, 2.05) is 0 Å². The van der Waals surface area contributed by atoms with Gasteiger partial charge in [-0.25, -0.2) is 9.78 Å². The Kier molecular flexibility index (Phi) is 4.75. The molecule has 24 heavy (non-hydrogen) atoms. The molecule has 1 fully saturated rings. The van der Waals surface area contributed by atoms with E-state index in [-0.39, 0.29) is 12.3 Å². The predicted octanol–water partition coefficient (Wildman–Crippen LogP) is 0.707. The number of rotatable bonds is 5. The molecule has 0 aliphatic heterocycles. The Balaban J connectivity index is 2.01. The Bertz CT molecular complexity index is 864. The Morgan fingerprint density at radius 1 is 1.33 bits per heavy atom. The first kappa shape index (κ1) is 16.4. The minimum Gasteiger partial charge on any atom is -0.461 e. The average molecular weight is 332 g/mol. The quantitative estimate of drug-likeness (QED) is 0.694. The first-order valence-corrected chi connectivity index (χ1v) is 8.04. The number of carbonyl (C=O) groups is 1. The number of ether oxygens (including phenoxy) is 1. The second-order valence-corrected chi connectivity index (χ2v) is 6.04. The van der Waals surface area contributed by atoms with E-state index in [4.69, 9.17) is 4.74 Å². The van der Waals surface area contributed by atoms with Gasteiger partial charge < -0.3 is 10.1 Å². The van der Waals surface area contributed by atoms with E-state index in [1.54, 1.807) is 0 Å². The first-order chi connectivity index (χ1) is 11.5.